The van der Waals surface area contributed by atoms with E-state index in [1.54, 1.807) is 24.3 Å². The number of hydrogen-bond acceptors (Lipinski definition) is 5. The van der Waals surface area contributed by atoms with Gasteiger partial charge in [-0.2, -0.15) is 0 Å². The minimum atomic E-state index is -0.269. The Morgan fingerprint density at radius 1 is 1.47 bits per heavy atom. The summed E-state index contributed by atoms with van der Waals surface area (Å²) < 4.78 is 4.39. The lowest BCUT2D eigenvalue weighted by Gasteiger charge is -2.03. The van der Waals surface area contributed by atoms with Gasteiger partial charge in [-0.1, -0.05) is 22.8 Å². The molecule has 0 aliphatic carbocycles. The molecule has 0 saturated heterocycles. The average molecular weight is 253 g/mol. The van der Waals surface area contributed by atoms with Gasteiger partial charge >= 0.3 is 0 Å². The van der Waals surface area contributed by atoms with Gasteiger partial charge in [0.15, 0.2) is 5.82 Å². The summed E-state index contributed by atoms with van der Waals surface area (Å²) in [5.41, 5.74) is 6.36. The SMILES string of the molecule is Nc1nonc1CC(=O)Nc1cccc(Cl)c1. The molecule has 1 aromatic heterocycles. The summed E-state index contributed by atoms with van der Waals surface area (Å²) >= 11 is 5.79. The predicted molar refractivity (Wildman–Crippen MR) is 62.5 cm³/mol. The van der Waals surface area contributed by atoms with Gasteiger partial charge in [-0.25, -0.2) is 4.63 Å². The zero-order valence-corrected chi connectivity index (χ0v) is 9.44. The minimum Gasteiger partial charge on any atom is -0.379 e. The molecule has 1 heterocycles. The average Bonchev–Trinajstić information content (AvgIpc) is 2.64. The lowest BCUT2D eigenvalue weighted by atomic mass is 10.2. The summed E-state index contributed by atoms with van der Waals surface area (Å²) in [6.45, 7) is 0. The van der Waals surface area contributed by atoms with E-state index >= 15 is 0 Å². The Hall–Kier alpha value is -2.08. The molecule has 0 radical (unpaired) electrons. The zero-order chi connectivity index (χ0) is 12.3. The molecule has 3 N–H and O–H groups in total. The lowest BCUT2D eigenvalue weighted by Crippen LogP contribution is -2.15. The van der Waals surface area contributed by atoms with E-state index < -0.39 is 0 Å². The van der Waals surface area contributed by atoms with Crippen molar-refractivity contribution in [1.29, 1.82) is 0 Å². The van der Waals surface area contributed by atoms with Gasteiger partial charge < -0.3 is 11.1 Å². The van der Waals surface area contributed by atoms with Crippen LogP contribution in [0.15, 0.2) is 28.9 Å². The summed E-state index contributed by atoms with van der Waals surface area (Å²) in [4.78, 5) is 11.6. The summed E-state index contributed by atoms with van der Waals surface area (Å²) in [5.74, 6) is -0.152. The molecule has 6 nitrogen and oxygen atoms in total. The number of anilines is 2. The van der Waals surface area contributed by atoms with Crippen molar-refractivity contribution in [2.24, 2.45) is 0 Å². The Bertz CT molecular complexity index is 541. The number of amides is 1. The standard InChI is InChI=1S/C10H9ClN4O2/c11-6-2-1-3-7(4-6)13-9(16)5-8-10(12)15-17-14-8/h1-4H,5H2,(H2,12,15)(H,13,16). The third kappa shape index (κ3) is 2.94. The molecule has 0 atom stereocenters. The molecular weight excluding hydrogens is 244 g/mol. The monoisotopic (exact) mass is 252 g/mol. The molecule has 0 fully saturated rings. The van der Waals surface area contributed by atoms with E-state index in [-0.39, 0.29) is 18.1 Å². The predicted octanol–water partition coefficient (Wildman–Crippen LogP) is 1.49. The van der Waals surface area contributed by atoms with Crippen LogP contribution in [0, 0.1) is 0 Å². The van der Waals surface area contributed by atoms with E-state index in [2.05, 4.69) is 20.3 Å². The molecule has 1 aromatic carbocycles. The van der Waals surface area contributed by atoms with Crippen molar-refractivity contribution < 1.29 is 9.42 Å². The first-order valence-electron chi connectivity index (χ1n) is 4.77. The highest BCUT2D eigenvalue weighted by molar-refractivity contribution is 6.30. The summed E-state index contributed by atoms with van der Waals surface area (Å²) in [6, 6.07) is 6.83. The van der Waals surface area contributed by atoms with Gasteiger partial charge in [-0.05, 0) is 23.4 Å². The number of nitrogens with one attached hydrogen (secondary N) is 1. The fourth-order valence-corrected chi connectivity index (χ4v) is 1.45. The molecule has 2 rings (SSSR count). The van der Waals surface area contributed by atoms with Crippen LogP contribution in [0.1, 0.15) is 5.69 Å². The van der Waals surface area contributed by atoms with Crippen molar-refractivity contribution >= 4 is 29.0 Å². The molecule has 7 heteroatoms. The van der Waals surface area contributed by atoms with Crippen LogP contribution in [-0.2, 0) is 11.2 Å². The Labute approximate surface area is 102 Å². The van der Waals surface area contributed by atoms with Gasteiger partial charge in [0.05, 0.1) is 6.42 Å². The van der Waals surface area contributed by atoms with Crippen LogP contribution in [0.2, 0.25) is 5.02 Å². The van der Waals surface area contributed by atoms with E-state index in [1.165, 1.54) is 0 Å². The number of benzene rings is 1. The third-order valence-electron chi connectivity index (χ3n) is 2.02. The van der Waals surface area contributed by atoms with Crippen LogP contribution in [0.25, 0.3) is 0 Å². The zero-order valence-electron chi connectivity index (χ0n) is 8.68. The molecule has 2 aromatic rings. The van der Waals surface area contributed by atoms with E-state index in [0.717, 1.165) is 0 Å². The van der Waals surface area contributed by atoms with Crippen LogP contribution in [0.4, 0.5) is 11.5 Å². The molecule has 0 aliphatic heterocycles. The highest BCUT2D eigenvalue weighted by Gasteiger charge is 2.11. The topological polar surface area (TPSA) is 94.0 Å². The number of rotatable bonds is 3. The summed E-state index contributed by atoms with van der Waals surface area (Å²) in [7, 11) is 0. The summed E-state index contributed by atoms with van der Waals surface area (Å²) in [6.07, 6.45) is 0.00183. The Balaban J connectivity index is 2.01. The second kappa shape index (κ2) is 4.84. The summed E-state index contributed by atoms with van der Waals surface area (Å²) in [5, 5.41) is 10.1. The largest absolute Gasteiger partial charge is 0.379 e. The van der Waals surface area contributed by atoms with Crippen molar-refractivity contribution in [3.63, 3.8) is 0 Å². The van der Waals surface area contributed by atoms with E-state index in [4.69, 9.17) is 17.3 Å². The van der Waals surface area contributed by atoms with Crippen molar-refractivity contribution in [3.8, 4) is 0 Å². The minimum absolute atomic E-state index is 0.00183. The molecular formula is C10H9ClN4O2. The molecule has 0 aliphatic rings. The number of hydrogen-bond donors (Lipinski definition) is 2. The van der Waals surface area contributed by atoms with Gasteiger partial charge in [-0.3, -0.25) is 4.79 Å². The molecule has 0 bridgehead atoms. The van der Waals surface area contributed by atoms with Crippen molar-refractivity contribution in [2.45, 2.75) is 6.42 Å². The van der Waals surface area contributed by atoms with Gasteiger partial charge in [0, 0.05) is 10.7 Å². The lowest BCUT2D eigenvalue weighted by molar-refractivity contribution is -0.115. The molecule has 0 saturated carbocycles. The second-order valence-electron chi connectivity index (χ2n) is 3.33. The molecule has 0 unspecified atom stereocenters. The Morgan fingerprint density at radius 2 is 2.29 bits per heavy atom. The van der Waals surface area contributed by atoms with E-state index in [1.807, 2.05) is 0 Å². The fraction of sp³-hybridized carbons (Fsp3) is 0.100. The van der Waals surface area contributed by atoms with Crippen molar-refractivity contribution in [3.05, 3.63) is 35.0 Å². The van der Waals surface area contributed by atoms with Gasteiger partial charge in [0.2, 0.25) is 5.91 Å². The Kier molecular flexibility index (Phi) is 3.24. The van der Waals surface area contributed by atoms with Crippen LogP contribution in [-0.4, -0.2) is 16.2 Å². The van der Waals surface area contributed by atoms with Crippen LogP contribution in [0.5, 0.6) is 0 Å². The van der Waals surface area contributed by atoms with Gasteiger partial charge in [-0.15, -0.1) is 0 Å². The van der Waals surface area contributed by atoms with E-state index in [9.17, 15) is 4.79 Å². The number of nitrogen functional groups attached to an aromatic ring is 1. The molecule has 0 spiro atoms. The molecule has 17 heavy (non-hydrogen) atoms. The van der Waals surface area contributed by atoms with Gasteiger partial charge in [0.25, 0.3) is 0 Å². The van der Waals surface area contributed by atoms with Crippen molar-refractivity contribution in [1.82, 2.24) is 10.3 Å². The quantitative estimate of drug-likeness (QED) is 0.863. The van der Waals surface area contributed by atoms with Gasteiger partial charge in [0.1, 0.15) is 5.69 Å². The number of aromatic nitrogens is 2. The van der Waals surface area contributed by atoms with Crippen LogP contribution in [0.3, 0.4) is 0 Å². The first-order chi connectivity index (χ1) is 8.15. The maximum atomic E-state index is 11.6. The number of halogens is 1. The first-order valence-corrected chi connectivity index (χ1v) is 5.15. The number of nitrogens with zero attached hydrogens (tertiary/aromatic N) is 2. The maximum Gasteiger partial charge on any atom is 0.230 e. The smallest absolute Gasteiger partial charge is 0.230 e. The molecule has 1 amide bonds. The maximum absolute atomic E-state index is 11.6. The third-order valence-corrected chi connectivity index (χ3v) is 2.26. The number of carbonyl (C=O) groups excluding carboxylic acids is 1. The normalized spacial score (nSPS) is 10.2. The van der Waals surface area contributed by atoms with E-state index in [0.29, 0.717) is 16.4 Å². The van der Waals surface area contributed by atoms with Crippen molar-refractivity contribution in [2.75, 3.05) is 11.1 Å². The van der Waals surface area contributed by atoms with Crippen LogP contribution >= 0.6 is 11.6 Å². The fourth-order valence-electron chi connectivity index (χ4n) is 1.26. The first kappa shape index (κ1) is 11.4. The highest BCUT2D eigenvalue weighted by Crippen LogP contribution is 2.15. The highest BCUT2D eigenvalue weighted by atomic mass is 35.5. The number of nitrogens with two attached hydrogens (primary N) is 1. The molecule has 88 valence electrons. The second-order valence-corrected chi connectivity index (χ2v) is 3.77. The number of carbonyl (C=O) groups is 1. The van der Waals surface area contributed by atoms with Crippen LogP contribution < -0.4 is 11.1 Å². The Morgan fingerprint density at radius 3 is 2.94 bits per heavy atom.